The summed E-state index contributed by atoms with van der Waals surface area (Å²) in [6.45, 7) is 7.13. The van der Waals surface area contributed by atoms with Gasteiger partial charge in [0.2, 0.25) is 16.0 Å². The van der Waals surface area contributed by atoms with E-state index in [1.165, 1.54) is 25.7 Å². The third-order valence-corrected chi connectivity index (χ3v) is 9.97. The van der Waals surface area contributed by atoms with Crippen LogP contribution in [0.1, 0.15) is 63.4 Å². The average Bonchev–Trinajstić information content (AvgIpc) is 3.33. The van der Waals surface area contributed by atoms with Gasteiger partial charge in [-0.25, -0.2) is 13.4 Å². The molecule has 1 aromatic carbocycles. The molecule has 0 bridgehead atoms. The van der Waals surface area contributed by atoms with Gasteiger partial charge >= 0.3 is 0 Å². The molecular weight excluding hydrogens is 484 g/mol. The van der Waals surface area contributed by atoms with Crippen LogP contribution in [0.25, 0.3) is 0 Å². The Balaban J connectivity index is 1.24. The number of rotatable bonds is 6. The first kappa shape index (κ1) is 26.4. The fraction of sp³-hybridized carbons (Fsp3) is 0.643. The first-order valence-electron chi connectivity index (χ1n) is 14.1. The molecule has 0 aliphatic carbocycles. The third kappa shape index (κ3) is 6.62. The van der Waals surface area contributed by atoms with Gasteiger partial charge in [-0.1, -0.05) is 31.4 Å². The lowest BCUT2D eigenvalue weighted by Gasteiger charge is -2.39. The van der Waals surface area contributed by atoms with E-state index in [0.29, 0.717) is 23.9 Å². The Morgan fingerprint density at radius 2 is 1.70 bits per heavy atom. The number of hydrogen-bond donors (Lipinski definition) is 1. The van der Waals surface area contributed by atoms with Gasteiger partial charge in [-0.3, -0.25) is 4.90 Å². The van der Waals surface area contributed by atoms with Crippen molar-refractivity contribution in [2.75, 3.05) is 49.5 Å². The summed E-state index contributed by atoms with van der Waals surface area (Å²) in [6.07, 6.45) is 12.2. The SMILES string of the molecule is Cc1cccc(S(=O)(=O)N2CCCC(N3CCCCC(Nc4nccc(N5CCCCCC5)n4)C3)C2)c1. The van der Waals surface area contributed by atoms with E-state index < -0.39 is 10.0 Å². The second-order valence-corrected chi connectivity index (χ2v) is 12.9. The van der Waals surface area contributed by atoms with Crippen LogP contribution in [0.3, 0.4) is 0 Å². The molecule has 0 amide bonds. The molecule has 3 aliphatic rings. The van der Waals surface area contributed by atoms with Crippen LogP contribution in [0.15, 0.2) is 41.4 Å². The molecule has 8 nitrogen and oxygen atoms in total. The van der Waals surface area contributed by atoms with E-state index in [1.807, 2.05) is 31.3 Å². The van der Waals surface area contributed by atoms with Gasteiger partial charge in [0.15, 0.2) is 0 Å². The van der Waals surface area contributed by atoms with E-state index in [4.69, 9.17) is 4.98 Å². The zero-order chi connectivity index (χ0) is 25.7. The van der Waals surface area contributed by atoms with Crippen molar-refractivity contribution in [2.24, 2.45) is 0 Å². The van der Waals surface area contributed by atoms with Gasteiger partial charge < -0.3 is 10.2 Å². The van der Waals surface area contributed by atoms with Crippen molar-refractivity contribution in [3.63, 3.8) is 0 Å². The highest BCUT2D eigenvalue weighted by atomic mass is 32.2. The molecule has 3 aliphatic heterocycles. The van der Waals surface area contributed by atoms with Crippen molar-refractivity contribution in [2.45, 2.75) is 81.7 Å². The quantitative estimate of drug-likeness (QED) is 0.602. The molecule has 3 saturated heterocycles. The van der Waals surface area contributed by atoms with E-state index in [-0.39, 0.29) is 12.1 Å². The molecule has 0 saturated carbocycles. The molecule has 9 heteroatoms. The summed E-state index contributed by atoms with van der Waals surface area (Å²) in [5.41, 5.74) is 0.971. The van der Waals surface area contributed by atoms with Crippen LogP contribution in [0.2, 0.25) is 0 Å². The highest BCUT2D eigenvalue weighted by Gasteiger charge is 2.34. The van der Waals surface area contributed by atoms with Crippen LogP contribution in [-0.2, 0) is 10.0 Å². The molecule has 3 fully saturated rings. The maximum Gasteiger partial charge on any atom is 0.243 e. The standard InChI is InChI=1S/C28H42N6O2S/c1-23-10-8-13-26(20-23)37(35,36)34-19-9-12-25(22-34)33-18-7-4-11-24(21-33)30-28-29-15-14-27(31-28)32-16-5-2-3-6-17-32/h8,10,13-15,20,24-25H,2-7,9,11-12,16-19,21-22H2,1H3,(H,29,30,31). The van der Waals surface area contributed by atoms with Crippen LogP contribution in [-0.4, -0.2) is 78.9 Å². The minimum Gasteiger partial charge on any atom is -0.356 e. The molecule has 202 valence electrons. The number of anilines is 2. The fourth-order valence-corrected chi connectivity index (χ4v) is 7.68. The Kier molecular flexibility index (Phi) is 8.62. The molecule has 37 heavy (non-hydrogen) atoms. The lowest BCUT2D eigenvalue weighted by Crippen LogP contribution is -2.51. The number of nitrogens with zero attached hydrogens (tertiary/aromatic N) is 5. The Morgan fingerprint density at radius 3 is 2.51 bits per heavy atom. The number of likely N-dealkylation sites (tertiary alicyclic amines) is 1. The van der Waals surface area contributed by atoms with E-state index in [2.05, 4.69) is 20.1 Å². The van der Waals surface area contributed by atoms with Crippen LogP contribution >= 0.6 is 0 Å². The minimum absolute atomic E-state index is 0.236. The van der Waals surface area contributed by atoms with Crippen molar-refractivity contribution in [3.8, 4) is 0 Å². The van der Waals surface area contributed by atoms with E-state index >= 15 is 0 Å². The van der Waals surface area contributed by atoms with Crippen LogP contribution < -0.4 is 10.2 Å². The molecule has 0 radical (unpaired) electrons. The van der Waals surface area contributed by atoms with Gasteiger partial charge in [0.1, 0.15) is 5.82 Å². The summed E-state index contributed by atoms with van der Waals surface area (Å²) in [5, 5.41) is 3.64. The van der Waals surface area contributed by atoms with Crippen LogP contribution in [0.5, 0.6) is 0 Å². The van der Waals surface area contributed by atoms with Crippen molar-refractivity contribution in [1.29, 1.82) is 0 Å². The van der Waals surface area contributed by atoms with E-state index in [1.54, 1.807) is 16.4 Å². The molecule has 2 unspecified atom stereocenters. The van der Waals surface area contributed by atoms with E-state index in [0.717, 1.165) is 69.7 Å². The Labute approximate surface area is 222 Å². The first-order chi connectivity index (χ1) is 18.0. The second kappa shape index (κ2) is 12.1. The van der Waals surface area contributed by atoms with Gasteiger partial charge in [-0.05, 0) is 75.8 Å². The first-order valence-corrected chi connectivity index (χ1v) is 15.6. The normalized spacial score (nSPS) is 24.8. The Bertz CT molecular complexity index is 1130. The van der Waals surface area contributed by atoms with Gasteiger partial charge in [0.05, 0.1) is 4.90 Å². The molecule has 1 aromatic heterocycles. The monoisotopic (exact) mass is 526 g/mol. The summed E-state index contributed by atoms with van der Waals surface area (Å²) in [7, 11) is -3.48. The summed E-state index contributed by atoms with van der Waals surface area (Å²) in [4.78, 5) is 14.7. The van der Waals surface area contributed by atoms with Crippen molar-refractivity contribution in [1.82, 2.24) is 19.2 Å². The topological polar surface area (TPSA) is 81.7 Å². The summed E-state index contributed by atoms with van der Waals surface area (Å²) >= 11 is 0. The Morgan fingerprint density at radius 1 is 0.892 bits per heavy atom. The largest absolute Gasteiger partial charge is 0.356 e. The number of aromatic nitrogens is 2. The number of nitrogens with one attached hydrogen (secondary N) is 1. The van der Waals surface area contributed by atoms with E-state index in [9.17, 15) is 8.42 Å². The third-order valence-electron chi connectivity index (χ3n) is 8.11. The maximum absolute atomic E-state index is 13.4. The van der Waals surface area contributed by atoms with Gasteiger partial charge in [-0.15, -0.1) is 0 Å². The average molecular weight is 527 g/mol. The predicted octanol–water partition coefficient (Wildman–Crippen LogP) is 4.29. The predicted molar refractivity (Wildman–Crippen MR) is 149 cm³/mol. The number of sulfonamides is 1. The molecular formula is C28H42N6O2S. The molecule has 2 aromatic rings. The summed E-state index contributed by atoms with van der Waals surface area (Å²) in [6, 6.07) is 9.79. The highest BCUT2D eigenvalue weighted by molar-refractivity contribution is 7.89. The second-order valence-electron chi connectivity index (χ2n) is 10.9. The smallest absolute Gasteiger partial charge is 0.243 e. The number of aryl methyl sites for hydroxylation is 1. The zero-order valence-electron chi connectivity index (χ0n) is 22.2. The molecule has 0 spiro atoms. The molecule has 4 heterocycles. The highest BCUT2D eigenvalue weighted by Crippen LogP contribution is 2.26. The summed E-state index contributed by atoms with van der Waals surface area (Å²) in [5.74, 6) is 1.73. The maximum atomic E-state index is 13.4. The molecule has 5 rings (SSSR count). The van der Waals surface area contributed by atoms with Crippen molar-refractivity contribution >= 4 is 21.8 Å². The minimum atomic E-state index is -3.48. The fourth-order valence-electron chi connectivity index (χ4n) is 6.06. The van der Waals surface area contributed by atoms with Gasteiger partial charge in [-0.2, -0.15) is 9.29 Å². The number of benzene rings is 1. The Hall–Kier alpha value is -2.23. The summed E-state index contributed by atoms with van der Waals surface area (Å²) < 4.78 is 28.5. The lowest BCUT2D eigenvalue weighted by atomic mass is 10.1. The molecule has 1 N–H and O–H groups in total. The number of hydrogen-bond acceptors (Lipinski definition) is 7. The van der Waals surface area contributed by atoms with Crippen molar-refractivity contribution < 1.29 is 8.42 Å². The number of piperidine rings is 1. The van der Waals surface area contributed by atoms with Gasteiger partial charge in [0.25, 0.3) is 0 Å². The van der Waals surface area contributed by atoms with Crippen LogP contribution in [0, 0.1) is 6.92 Å². The zero-order valence-corrected chi connectivity index (χ0v) is 23.0. The van der Waals surface area contributed by atoms with Crippen molar-refractivity contribution in [3.05, 3.63) is 42.1 Å². The van der Waals surface area contributed by atoms with Gasteiger partial charge in [0, 0.05) is 51.0 Å². The lowest BCUT2D eigenvalue weighted by molar-refractivity contribution is 0.136. The molecule has 2 atom stereocenters. The van der Waals surface area contributed by atoms with Crippen LogP contribution in [0.4, 0.5) is 11.8 Å².